The van der Waals surface area contributed by atoms with Gasteiger partial charge in [-0.15, -0.1) is 0 Å². The van der Waals surface area contributed by atoms with Crippen molar-refractivity contribution < 1.29 is 22.7 Å². The van der Waals surface area contributed by atoms with Crippen molar-refractivity contribution in [3.05, 3.63) is 58.1 Å². The first kappa shape index (κ1) is 23.4. The van der Waals surface area contributed by atoms with Crippen LogP contribution in [0.15, 0.2) is 47.4 Å². The Morgan fingerprint density at radius 1 is 1.10 bits per heavy atom. The molecule has 0 radical (unpaired) electrons. The molecule has 1 aliphatic heterocycles. The van der Waals surface area contributed by atoms with Crippen LogP contribution in [0.4, 0.5) is 0 Å². The maximum atomic E-state index is 12.9. The molecule has 0 N–H and O–H groups in total. The van der Waals surface area contributed by atoms with Gasteiger partial charge >= 0.3 is 5.97 Å². The van der Waals surface area contributed by atoms with Gasteiger partial charge in [0, 0.05) is 18.1 Å². The Labute approximate surface area is 191 Å². The number of hydrogen-bond acceptors (Lipinski definition) is 6. The number of carbonyl (C=O) groups is 1. The van der Waals surface area contributed by atoms with E-state index in [1.807, 2.05) is 6.07 Å². The fourth-order valence-corrected chi connectivity index (χ4v) is 5.40. The van der Waals surface area contributed by atoms with Crippen LogP contribution in [0.1, 0.15) is 18.4 Å². The molecule has 1 saturated heterocycles. The smallest absolute Gasteiger partial charge is 0.309 e. The molecule has 0 amide bonds. The molecule has 0 bridgehead atoms. The van der Waals surface area contributed by atoms with Crippen LogP contribution in [0.25, 0.3) is 0 Å². The molecule has 1 heterocycles. The number of nitrogens with zero attached hydrogens (tertiary/aromatic N) is 2. The zero-order chi connectivity index (χ0) is 22.4. The molecule has 2 aromatic carbocycles. The van der Waals surface area contributed by atoms with E-state index in [2.05, 4.69) is 0 Å². The second-order valence-electron chi connectivity index (χ2n) is 6.91. The van der Waals surface area contributed by atoms with Gasteiger partial charge in [-0.05, 0) is 55.3 Å². The van der Waals surface area contributed by atoms with E-state index in [4.69, 9.17) is 37.9 Å². The van der Waals surface area contributed by atoms with E-state index < -0.39 is 10.0 Å². The topological polar surface area (TPSA) is 96.7 Å². The Morgan fingerprint density at radius 2 is 1.77 bits per heavy atom. The summed E-state index contributed by atoms with van der Waals surface area (Å²) in [6.07, 6.45) is 0.708. The fraction of sp³-hybridized carbons (Fsp3) is 0.333. The van der Waals surface area contributed by atoms with Crippen molar-refractivity contribution in [2.45, 2.75) is 17.7 Å². The summed E-state index contributed by atoms with van der Waals surface area (Å²) in [5.41, 5.74) is 0.532. The number of nitriles is 1. The molecule has 1 fully saturated rings. The summed E-state index contributed by atoms with van der Waals surface area (Å²) >= 11 is 12.0. The van der Waals surface area contributed by atoms with Crippen LogP contribution in [0.5, 0.6) is 5.75 Å². The van der Waals surface area contributed by atoms with Gasteiger partial charge in [0.2, 0.25) is 10.0 Å². The largest absolute Gasteiger partial charge is 0.490 e. The van der Waals surface area contributed by atoms with Crippen LogP contribution in [-0.2, 0) is 19.6 Å². The zero-order valence-electron chi connectivity index (χ0n) is 16.5. The molecular formula is C21H20Cl2N2O5S. The number of hydrogen-bond donors (Lipinski definition) is 0. The molecule has 1 aliphatic rings. The third-order valence-corrected chi connectivity index (χ3v) is 7.49. The third-order valence-electron chi connectivity index (χ3n) is 4.88. The lowest BCUT2D eigenvalue weighted by molar-refractivity contribution is -0.150. The molecule has 7 nitrogen and oxygen atoms in total. The van der Waals surface area contributed by atoms with Crippen LogP contribution < -0.4 is 4.74 Å². The van der Waals surface area contributed by atoms with Crippen molar-refractivity contribution >= 4 is 39.2 Å². The summed E-state index contributed by atoms with van der Waals surface area (Å²) in [6.45, 7) is 0.632. The molecule has 31 heavy (non-hydrogen) atoms. The van der Waals surface area contributed by atoms with Gasteiger partial charge in [0.1, 0.15) is 23.9 Å². The minimum Gasteiger partial charge on any atom is -0.490 e. The fourth-order valence-electron chi connectivity index (χ4n) is 3.19. The highest BCUT2D eigenvalue weighted by Crippen LogP contribution is 2.30. The van der Waals surface area contributed by atoms with E-state index in [1.165, 1.54) is 22.5 Å². The Bertz CT molecular complexity index is 1080. The number of halogens is 2. The molecule has 0 unspecified atom stereocenters. The lowest BCUT2D eigenvalue weighted by atomic mass is 9.98. The highest BCUT2D eigenvalue weighted by atomic mass is 35.5. The van der Waals surface area contributed by atoms with Crippen molar-refractivity contribution in [1.29, 1.82) is 5.26 Å². The quantitative estimate of drug-likeness (QED) is 0.438. The Balaban J connectivity index is 1.46. The standard InChI is InChI=1S/C21H20Cl2N2O5S/c22-17-3-6-19(23)20(13-17)31(27,28)25-9-7-16(8-10-25)21(26)30-12-11-29-18-4-1-15(14-24)2-5-18/h1-6,13,16H,7-12H2. The van der Waals surface area contributed by atoms with Crippen molar-refractivity contribution in [2.75, 3.05) is 26.3 Å². The molecule has 10 heteroatoms. The number of piperidine rings is 1. The van der Waals surface area contributed by atoms with Gasteiger partial charge in [-0.3, -0.25) is 4.79 Å². The van der Waals surface area contributed by atoms with E-state index in [0.717, 1.165) is 0 Å². The second-order valence-corrected chi connectivity index (χ2v) is 9.66. The average molecular weight is 483 g/mol. The van der Waals surface area contributed by atoms with Gasteiger partial charge in [0.15, 0.2) is 0 Å². The van der Waals surface area contributed by atoms with E-state index in [-0.39, 0.29) is 53.1 Å². The first-order valence-electron chi connectivity index (χ1n) is 9.56. The SMILES string of the molecule is N#Cc1ccc(OCCOC(=O)C2CCN(S(=O)(=O)c3cc(Cl)ccc3Cl)CC2)cc1. The summed E-state index contributed by atoms with van der Waals surface area (Å²) in [6, 6.07) is 12.9. The van der Waals surface area contributed by atoms with Crippen molar-refractivity contribution in [1.82, 2.24) is 4.31 Å². The van der Waals surface area contributed by atoms with Gasteiger partial charge in [-0.1, -0.05) is 23.2 Å². The average Bonchev–Trinajstić information content (AvgIpc) is 2.78. The minimum atomic E-state index is -3.80. The van der Waals surface area contributed by atoms with Gasteiger partial charge in [-0.25, -0.2) is 8.42 Å². The Kier molecular flexibility index (Phi) is 7.79. The minimum absolute atomic E-state index is 0.0392. The molecule has 3 rings (SSSR count). The number of benzene rings is 2. The van der Waals surface area contributed by atoms with E-state index >= 15 is 0 Å². The molecule has 0 aliphatic carbocycles. The van der Waals surface area contributed by atoms with Crippen molar-refractivity contribution in [2.24, 2.45) is 5.92 Å². The predicted octanol–water partition coefficient (Wildman–Crippen LogP) is 3.89. The monoisotopic (exact) mass is 482 g/mol. The third kappa shape index (κ3) is 5.89. The summed E-state index contributed by atoms with van der Waals surface area (Å²) in [5, 5.41) is 9.16. The molecule has 0 atom stereocenters. The van der Waals surface area contributed by atoms with Gasteiger partial charge < -0.3 is 9.47 Å². The van der Waals surface area contributed by atoms with E-state index in [9.17, 15) is 13.2 Å². The lowest BCUT2D eigenvalue weighted by Gasteiger charge is -2.30. The maximum absolute atomic E-state index is 12.9. The second kappa shape index (κ2) is 10.3. The molecule has 0 aromatic heterocycles. The van der Waals surface area contributed by atoms with Gasteiger partial charge in [0.25, 0.3) is 0 Å². The maximum Gasteiger partial charge on any atom is 0.309 e. The number of rotatable bonds is 7. The predicted molar refractivity (Wildman–Crippen MR) is 116 cm³/mol. The highest BCUT2D eigenvalue weighted by Gasteiger charge is 2.33. The normalized spacial score (nSPS) is 15.3. The highest BCUT2D eigenvalue weighted by molar-refractivity contribution is 7.89. The summed E-state index contributed by atoms with van der Waals surface area (Å²) in [7, 11) is -3.80. The van der Waals surface area contributed by atoms with Crippen LogP contribution in [0, 0.1) is 17.2 Å². The van der Waals surface area contributed by atoms with Crippen LogP contribution in [0.2, 0.25) is 10.0 Å². The summed E-state index contributed by atoms with van der Waals surface area (Å²) in [5.74, 6) is -0.175. The summed E-state index contributed by atoms with van der Waals surface area (Å²) < 4.78 is 37.8. The van der Waals surface area contributed by atoms with Crippen molar-refractivity contribution in [3.8, 4) is 11.8 Å². The molecule has 0 spiro atoms. The zero-order valence-corrected chi connectivity index (χ0v) is 18.8. The number of sulfonamides is 1. The van der Waals surface area contributed by atoms with Crippen LogP contribution >= 0.6 is 23.2 Å². The van der Waals surface area contributed by atoms with Crippen LogP contribution in [-0.4, -0.2) is 45.0 Å². The molecule has 164 valence electrons. The number of carbonyl (C=O) groups excluding carboxylic acids is 1. The molecule has 0 saturated carbocycles. The summed E-state index contributed by atoms with van der Waals surface area (Å²) in [4.78, 5) is 12.3. The van der Waals surface area contributed by atoms with Gasteiger partial charge in [0.05, 0.1) is 22.6 Å². The molecule has 2 aromatic rings. The van der Waals surface area contributed by atoms with Gasteiger partial charge in [-0.2, -0.15) is 9.57 Å². The number of esters is 1. The lowest BCUT2D eigenvalue weighted by Crippen LogP contribution is -2.40. The van der Waals surface area contributed by atoms with E-state index in [0.29, 0.717) is 24.2 Å². The Morgan fingerprint density at radius 3 is 2.42 bits per heavy atom. The first-order valence-corrected chi connectivity index (χ1v) is 11.8. The molecular weight excluding hydrogens is 463 g/mol. The van der Waals surface area contributed by atoms with Crippen molar-refractivity contribution in [3.63, 3.8) is 0 Å². The Hall–Kier alpha value is -2.31. The van der Waals surface area contributed by atoms with E-state index in [1.54, 1.807) is 24.3 Å². The first-order chi connectivity index (χ1) is 14.8. The van der Waals surface area contributed by atoms with Crippen LogP contribution in [0.3, 0.4) is 0 Å². The number of ether oxygens (including phenoxy) is 2.